The highest BCUT2D eigenvalue weighted by atomic mass is 35.5. The van der Waals surface area contributed by atoms with Crippen molar-refractivity contribution in [2.75, 3.05) is 27.2 Å². The van der Waals surface area contributed by atoms with Crippen molar-refractivity contribution in [3.05, 3.63) is 23.2 Å². The van der Waals surface area contributed by atoms with Crippen molar-refractivity contribution in [1.29, 1.82) is 0 Å². The molecule has 5 heteroatoms. The number of hydrogen-bond donors (Lipinski definition) is 1. The van der Waals surface area contributed by atoms with Crippen molar-refractivity contribution >= 4 is 18.3 Å². The Hall–Kier alpha value is -1.00. The Morgan fingerprint density at radius 1 is 1.50 bits per heavy atom. The van der Waals surface area contributed by atoms with Crippen molar-refractivity contribution in [3.63, 3.8) is 0 Å². The van der Waals surface area contributed by atoms with E-state index in [2.05, 4.69) is 5.32 Å². The molecule has 0 atom stereocenters. The van der Waals surface area contributed by atoms with Gasteiger partial charge in [0, 0.05) is 25.7 Å². The molecule has 0 aliphatic heterocycles. The summed E-state index contributed by atoms with van der Waals surface area (Å²) in [5.74, 6) is 1.17. The van der Waals surface area contributed by atoms with Crippen LogP contribution in [0.4, 0.5) is 0 Å². The molecule has 16 heavy (non-hydrogen) atoms. The van der Waals surface area contributed by atoms with E-state index < -0.39 is 0 Å². The van der Waals surface area contributed by atoms with E-state index in [-0.39, 0.29) is 18.3 Å². The lowest BCUT2D eigenvalue weighted by molar-refractivity contribution is 0.0763. The lowest BCUT2D eigenvalue weighted by atomic mass is 10.2. The molecule has 0 aromatic carbocycles. The molecule has 1 aromatic rings. The standard InChI is InChI=1S/C11H18N2O2.ClH/c1-8-7-9(2)15-10(8)11(14)13(4)6-5-12-3;/h7,12H,5-6H2,1-4H3;1H. The van der Waals surface area contributed by atoms with Crippen molar-refractivity contribution in [1.82, 2.24) is 10.2 Å². The van der Waals surface area contributed by atoms with Crippen LogP contribution in [0.25, 0.3) is 0 Å². The summed E-state index contributed by atoms with van der Waals surface area (Å²) in [4.78, 5) is 13.5. The summed E-state index contributed by atoms with van der Waals surface area (Å²) in [6.07, 6.45) is 0. The van der Waals surface area contributed by atoms with E-state index in [1.54, 1.807) is 11.9 Å². The highest BCUT2D eigenvalue weighted by Crippen LogP contribution is 2.15. The Morgan fingerprint density at radius 2 is 2.12 bits per heavy atom. The van der Waals surface area contributed by atoms with Gasteiger partial charge in [-0.05, 0) is 27.0 Å². The van der Waals surface area contributed by atoms with E-state index >= 15 is 0 Å². The summed E-state index contributed by atoms with van der Waals surface area (Å²) in [7, 11) is 3.64. The van der Waals surface area contributed by atoms with Gasteiger partial charge in [0.2, 0.25) is 0 Å². The first kappa shape index (κ1) is 15.0. The highest BCUT2D eigenvalue weighted by Gasteiger charge is 2.17. The van der Waals surface area contributed by atoms with E-state index in [0.29, 0.717) is 12.3 Å². The van der Waals surface area contributed by atoms with Crippen molar-refractivity contribution in [2.24, 2.45) is 0 Å². The van der Waals surface area contributed by atoms with Gasteiger partial charge < -0.3 is 14.6 Å². The van der Waals surface area contributed by atoms with E-state index in [4.69, 9.17) is 4.42 Å². The predicted octanol–water partition coefficient (Wildman–Crippen LogP) is 1.61. The first-order chi connectivity index (χ1) is 7.06. The second-order valence-corrected chi connectivity index (χ2v) is 3.70. The second-order valence-electron chi connectivity index (χ2n) is 3.70. The van der Waals surface area contributed by atoms with Crippen LogP contribution in [0.2, 0.25) is 0 Å². The molecule has 1 amide bonds. The Morgan fingerprint density at radius 3 is 2.56 bits per heavy atom. The van der Waals surface area contributed by atoms with Crippen molar-refractivity contribution in [2.45, 2.75) is 13.8 Å². The largest absolute Gasteiger partial charge is 0.456 e. The zero-order valence-corrected chi connectivity index (χ0v) is 11.0. The molecule has 0 aliphatic rings. The van der Waals surface area contributed by atoms with Crippen molar-refractivity contribution < 1.29 is 9.21 Å². The normalized spacial score (nSPS) is 9.75. The molecule has 0 spiro atoms. The minimum Gasteiger partial charge on any atom is -0.456 e. The summed E-state index contributed by atoms with van der Waals surface area (Å²) in [5, 5.41) is 3.00. The molecule has 0 unspecified atom stereocenters. The molecule has 1 N–H and O–H groups in total. The summed E-state index contributed by atoms with van der Waals surface area (Å²) in [5.41, 5.74) is 0.897. The van der Waals surface area contributed by atoms with Gasteiger partial charge in [0.1, 0.15) is 5.76 Å². The molecule has 1 heterocycles. The van der Waals surface area contributed by atoms with Gasteiger partial charge in [-0.3, -0.25) is 4.79 Å². The number of aryl methyl sites for hydroxylation is 2. The first-order valence-electron chi connectivity index (χ1n) is 5.03. The number of nitrogens with one attached hydrogen (secondary N) is 1. The number of carbonyl (C=O) groups is 1. The fraction of sp³-hybridized carbons (Fsp3) is 0.545. The molecule has 92 valence electrons. The van der Waals surface area contributed by atoms with E-state index in [1.807, 2.05) is 27.0 Å². The summed E-state index contributed by atoms with van der Waals surface area (Å²) in [6.45, 7) is 5.18. The SMILES string of the molecule is CNCCN(C)C(=O)c1oc(C)cc1C.Cl. The number of carbonyl (C=O) groups excluding carboxylic acids is 1. The van der Waals surface area contributed by atoms with Crippen LogP contribution >= 0.6 is 12.4 Å². The molecule has 4 nitrogen and oxygen atoms in total. The summed E-state index contributed by atoms with van der Waals surface area (Å²) < 4.78 is 5.37. The zero-order valence-electron chi connectivity index (χ0n) is 10.2. The minimum atomic E-state index is -0.0594. The maximum absolute atomic E-state index is 11.9. The van der Waals surface area contributed by atoms with E-state index in [0.717, 1.165) is 17.9 Å². The molecular weight excluding hydrogens is 228 g/mol. The van der Waals surface area contributed by atoms with Crippen LogP contribution in [0.15, 0.2) is 10.5 Å². The number of hydrogen-bond acceptors (Lipinski definition) is 3. The molecular formula is C11H19ClN2O2. The third kappa shape index (κ3) is 3.54. The predicted molar refractivity (Wildman–Crippen MR) is 66.3 cm³/mol. The Balaban J connectivity index is 0.00000225. The van der Waals surface area contributed by atoms with Crippen LogP contribution in [-0.2, 0) is 0 Å². The number of nitrogens with zero attached hydrogens (tertiary/aromatic N) is 1. The van der Waals surface area contributed by atoms with Gasteiger partial charge in [-0.15, -0.1) is 12.4 Å². The molecule has 0 saturated heterocycles. The van der Waals surface area contributed by atoms with Gasteiger partial charge in [0.05, 0.1) is 0 Å². The van der Waals surface area contributed by atoms with Gasteiger partial charge in [-0.2, -0.15) is 0 Å². The van der Waals surface area contributed by atoms with Gasteiger partial charge in [-0.25, -0.2) is 0 Å². The Labute approximate surface area is 102 Å². The average molecular weight is 247 g/mol. The maximum atomic E-state index is 11.9. The molecule has 0 bridgehead atoms. The Kier molecular flexibility index (Phi) is 6.14. The lowest BCUT2D eigenvalue weighted by Crippen LogP contribution is -2.32. The Bertz CT molecular complexity index is 350. The average Bonchev–Trinajstić information content (AvgIpc) is 2.53. The first-order valence-corrected chi connectivity index (χ1v) is 5.03. The van der Waals surface area contributed by atoms with Crippen LogP contribution in [0.1, 0.15) is 21.9 Å². The van der Waals surface area contributed by atoms with Gasteiger partial charge in [0.15, 0.2) is 5.76 Å². The molecule has 0 saturated carbocycles. The zero-order chi connectivity index (χ0) is 11.4. The highest BCUT2D eigenvalue weighted by molar-refractivity contribution is 5.92. The molecule has 0 radical (unpaired) electrons. The molecule has 1 aromatic heterocycles. The number of amides is 1. The monoisotopic (exact) mass is 246 g/mol. The third-order valence-corrected chi connectivity index (χ3v) is 2.28. The van der Waals surface area contributed by atoms with Gasteiger partial charge >= 0.3 is 0 Å². The topological polar surface area (TPSA) is 45.5 Å². The number of likely N-dealkylation sites (N-methyl/N-ethyl adjacent to an activating group) is 2. The minimum absolute atomic E-state index is 0. The van der Waals surface area contributed by atoms with Crippen molar-refractivity contribution in [3.8, 4) is 0 Å². The number of halogens is 1. The molecule has 1 rings (SSSR count). The summed E-state index contributed by atoms with van der Waals surface area (Å²) in [6, 6.07) is 1.87. The maximum Gasteiger partial charge on any atom is 0.289 e. The number of furan rings is 1. The number of rotatable bonds is 4. The third-order valence-electron chi connectivity index (χ3n) is 2.28. The van der Waals surface area contributed by atoms with E-state index in [1.165, 1.54) is 0 Å². The smallest absolute Gasteiger partial charge is 0.289 e. The molecule has 0 fully saturated rings. The molecule has 0 aliphatic carbocycles. The fourth-order valence-corrected chi connectivity index (χ4v) is 1.41. The van der Waals surface area contributed by atoms with Crippen LogP contribution in [0.5, 0.6) is 0 Å². The second kappa shape index (κ2) is 6.55. The van der Waals surface area contributed by atoms with Crippen LogP contribution in [0, 0.1) is 13.8 Å². The van der Waals surface area contributed by atoms with Gasteiger partial charge in [0.25, 0.3) is 5.91 Å². The fourth-order valence-electron chi connectivity index (χ4n) is 1.41. The summed E-state index contributed by atoms with van der Waals surface area (Å²) >= 11 is 0. The van der Waals surface area contributed by atoms with Gasteiger partial charge in [-0.1, -0.05) is 0 Å². The quantitative estimate of drug-likeness (QED) is 0.878. The van der Waals surface area contributed by atoms with Crippen LogP contribution < -0.4 is 5.32 Å². The van der Waals surface area contributed by atoms with Crippen LogP contribution in [0.3, 0.4) is 0 Å². The lowest BCUT2D eigenvalue weighted by Gasteiger charge is -2.15. The van der Waals surface area contributed by atoms with E-state index in [9.17, 15) is 4.79 Å². The van der Waals surface area contributed by atoms with Crippen LogP contribution in [-0.4, -0.2) is 38.0 Å².